The fraction of sp³-hybridized carbons (Fsp3) is 0.346. The van der Waals surface area contributed by atoms with Gasteiger partial charge in [0.25, 0.3) is 0 Å². The van der Waals surface area contributed by atoms with Crippen LogP contribution in [0, 0.1) is 5.82 Å². The van der Waals surface area contributed by atoms with Gasteiger partial charge in [-0.2, -0.15) is 13.2 Å². The molecule has 2 aliphatic rings. The molecule has 4 rings (SSSR count). The minimum atomic E-state index is -4.49. The number of anilines is 1. The monoisotopic (exact) mass is 472 g/mol. The molecule has 1 heterocycles. The number of nitrogens with zero attached hydrogens (tertiary/aromatic N) is 1. The number of amidine groups is 1. The van der Waals surface area contributed by atoms with E-state index < -0.39 is 23.7 Å². The van der Waals surface area contributed by atoms with Crippen LogP contribution in [0.3, 0.4) is 0 Å². The summed E-state index contributed by atoms with van der Waals surface area (Å²) in [4.78, 5) is 4.65. The van der Waals surface area contributed by atoms with Crippen LogP contribution >= 0.6 is 0 Å². The highest BCUT2D eigenvalue weighted by Gasteiger charge is 2.36. The van der Waals surface area contributed by atoms with E-state index in [-0.39, 0.29) is 5.56 Å². The van der Waals surface area contributed by atoms with Gasteiger partial charge < -0.3 is 16.0 Å². The van der Waals surface area contributed by atoms with E-state index in [0.717, 1.165) is 55.1 Å². The third kappa shape index (κ3) is 5.11. The molecule has 3 N–H and O–H groups in total. The van der Waals surface area contributed by atoms with Gasteiger partial charge in [0.05, 0.1) is 5.56 Å². The molecular weight excluding hydrogens is 444 g/mol. The minimum Gasteiger partial charge on any atom is -0.385 e. The van der Waals surface area contributed by atoms with Crippen LogP contribution in [0.5, 0.6) is 0 Å². The van der Waals surface area contributed by atoms with Crippen molar-refractivity contribution in [3.63, 3.8) is 0 Å². The van der Waals surface area contributed by atoms with Gasteiger partial charge in [-0.3, -0.25) is 0 Å². The summed E-state index contributed by atoms with van der Waals surface area (Å²) >= 11 is 0. The summed E-state index contributed by atoms with van der Waals surface area (Å²) in [6.07, 6.45) is -1.10. The van der Waals surface area contributed by atoms with Crippen molar-refractivity contribution in [2.24, 2.45) is 4.99 Å². The predicted molar refractivity (Wildman–Crippen MR) is 128 cm³/mol. The molecule has 1 aliphatic carbocycles. The molecule has 180 valence electrons. The maximum absolute atomic E-state index is 14.1. The van der Waals surface area contributed by atoms with Crippen LogP contribution < -0.4 is 16.0 Å². The van der Waals surface area contributed by atoms with Gasteiger partial charge in [0, 0.05) is 40.3 Å². The number of halogens is 4. The van der Waals surface area contributed by atoms with Crippen LogP contribution in [-0.2, 0) is 6.18 Å². The van der Waals surface area contributed by atoms with E-state index in [0.29, 0.717) is 23.6 Å². The second kappa shape index (κ2) is 9.91. The summed E-state index contributed by atoms with van der Waals surface area (Å²) in [7, 11) is 0. The first-order valence-corrected chi connectivity index (χ1v) is 11.5. The van der Waals surface area contributed by atoms with Crippen LogP contribution in [-0.4, -0.2) is 12.4 Å². The summed E-state index contributed by atoms with van der Waals surface area (Å²) in [5.74, 6) is 0.0768. The Morgan fingerprint density at radius 3 is 2.68 bits per heavy atom. The quantitative estimate of drug-likeness (QED) is 0.408. The van der Waals surface area contributed by atoms with Gasteiger partial charge in [-0.1, -0.05) is 31.7 Å². The number of benzene rings is 2. The molecule has 8 heteroatoms. The van der Waals surface area contributed by atoms with Gasteiger partial charge in [0.15, 0.2) is 0 Å². The van der Waals surface area contributed by atoms with Gasteiger partial charge >= 0.3 is 6.18 Å². The molecule has 0 aromatic heterocycles. The molecule has 2 aromatic rings. The van der Waals surface area contributed by atoms with Crippen molar-refractivity contribution in [3.05, 3.63) is 82.8 Å². The molecule has 0 bridgehead atoms. The van der Waals surface area contributed by atoms with Gasteiger partial charge in [-0.25, -0.2) is 9.38 Å². The molecule has 0 amide bonds. The highest BCUT2D eigenvalue weighted by atomic mass is 19.4. The van der Waals surface area contributed by atoms with E-state index in [2.05, 4.69) is 27.5 Å². The van der Waals surface area contributed by atoms with Gasteiger partial charge in [0.1, 0.15) is 17.8 Å². The highest BCUT2D eigenvalue weighted by molar-refractivity contribution is 6.04. The lowest BCUT2D eigenvalue weighted by molar-refractivity contribution is -0.138. The van der Waals surface area contributed by atoms with Crippen LogP contribution in [0.2, 0.25) is 0 Å². The number of hydrogen-bond donors (Lipinski definition) is 3. The molecular formula is C26H28F4N4. The summed E-state index contributed by atoms with van der Waals surface area (Å²) < 4.78 is 55.1. The zero-order chi connectivity index (χ0) is 24.3. The maximum atomic E-state index is 14.1. The number of nitrogens with one attached hydrogen (secondary N) is 3. The van der Waals surface area contributed by atoms with Crippen LogP contribution in [0.4, 0.5) is 23.2 Å². The summed E-state index contributed by atoms with van der Waals surface area (Å²) in [6, 6.07) is 9.90. The van der Waals surface area contributed by atoms with Crippen molar-refractivity contribution in [1.29, 1.82) is 0 Å². The Morgan fingerprint density at radius 1 is 1.15 bits per heavy atom. The van der Waals surface area contributed by atoms with Gasteiger partial charge in [0.2, 0.25) is 0 Å². The van der Waals surface area contributed by atoms with Gasteiger partial charge in [-0.05, 0) is 56.4 Å². The summed E-state index contributed by atoms with van der Waals surface area (Å²) in [5, 5.41) is 9.70. The minimum absolute atomic E-state index is 0.0630. The Hall–Kier alpha value is -3.29. The Kier molecular flexibility index (Phi) is 6.95. The second-order valence-electron chi connectivity index (χ2n) is 8.49. The highest BCUT2D eigenvalue weighted by Crippen LogP contribution is 2.38. The van der Waals surface area contributed by atoms with Crippen molar-refractivity contribution >= 4 is 17.2 Å². The third-order valence-corrected chi connectivity index (χ3v) is 6.03. The Bertz CT molecular complexity index is 1130. The van der Waals surface area contributed by atoms with E-state index in [4.69, 9.17) is 0 Å². The Morgan fingerprint density at radius 2 is 1.91 bits per heavy atom. The van der Waals surface area contributed by atoms with Crippen LogP contribution in [0.1, 0.15) is 61.9 Å². The van der Waals surface area contributed by atoms with Crippen LogP contribution in [0.15, 0.2) is 65.3 Å². The Balaban J connectivity index is 1.70. The summed E-state index contributed by atoms with van der Waals surface area (Å²) in [6.45, 7) is 6.84. The SMILES string of the molecule is C=C(NC1=NC(c2ccccc2C(F)(F)F)NC2=C1CCCC2)c1cc(F)ccc1NCCC. The number of aliphatic imine (C=N–C) groups is 1. The molecule has 0 spiro atoms. The Labute approximate surface area is 196 Å². The zero-order valence-corrected chi connectivity index (χ0v) is 19.0. The van der Waals surface area contributed by atoms with Gasteiger partial charge in [-0.15, -0.1) is 0 Å². The smallest absolute Gasteiger partial charge is 0.385 e. The zero-order valence-electron chi connectivity index (χ0n) is 19.0. The van der Waals surface area contributed by atoms with E-state index in [9.17, 15) is 17.6 Å². The number of rotatable bonds is 6. The first-order valence-electron chi connectivity index (χ1n) is 11.5. The molecule has 34 heavy (non-hydrogen) atoms. The molecule has 1 unspecified atom stereocenters. The molecule has 0 radical (unpaired) electrons. The van der Waals surface area contributed by atoms with E-state index in [1.54, 1.807) is 12.1 Å². The fourth-order valence-electron chi connectivity index (χ4n) is 4.37. The lowest BCUT2D eigenvalue weighted by Gasteiger charge is -2.33. The molecule has 1 atom stereocenters. The van der Waals surface area contributed by atoms with Crippen molar-refractivity contribution in [2.45, 2.75) is 51.4 Å². The predicted octanol–water partition coefficient (Wildman–Crippen LogP) is 6.76. The number of allylic oxidation sites excluding steroid dienone is 1. The summed E-state index contributed by atoms with van der Waals surface area (Å²) in [5.41, 5.74) is 2.89. The average Bonchev–Trinajstić information content (AvgIpc) is 2.82. The topological polar surface area (TPSA) is 48.5 Å². The van der Waals surface area contributed by atoms with Crippen molar-refractivity contribution in [1.82, 2.24) is 10.6 Å². The second-order valence-corrected chi connectivity index (χ2v) is 8.49. The fourth-order valence-corrected chi connectivity index (χ4v) is 4.37. The van der Waals surface area contributed by atoms with E-state index in [1.807, 2.05) is 6.92 Å². The lowest BCUT2D eigenvalue weighted by Crippen LogP contribution is -2.36. The van der Waals surface area contributed by atoms with Crippen molar-refractivity contribution in [3.8, 4) is 0 Å². The van der Waals surface area contributed by atoms with Crippen LogP contribution in [0.25, 0.3) is 5.70 Å². The molecule has 2 aromatic carbocycles. The first-order chi connectivity index (χ1) is 16.3. The van der Waals surface area contributed by atoms with E-state index in [1.165, 1.54) is 24.3 Å². The largest absolute Gasteiger partial charge is 0.416 e. The van der Waals surface area contributed by atoms with Crippen molar-refractivity contribution < 1.29 is 17.6 Å². The molecule has 0 saturated carbocycles. The average molecular weight is 473 g/mol. The molecule has 4 nitrogen and oxygen atoms in total. The molecule has 0 fully saturated rings. The lowest BCUT2D eigenvalue weighted by atomic mass is 9.92. The standard InChI is InChI=1S/C26H28F4N4/c1-3-14-31-22-13-12-17(27)15-20(22)16(2)32-25-19-9-5-7-11-23(19)33-24(34-25)18-8-4-6-10-21(18)26(28,29)30/h4,6,8,10,12-13,15,24,31,33H,2-3,5,7,9,11,14H2,1H3,(H,32,34). The maximum Gasteiger partial charge on any atom is 0.416 e. The van der Waals surface area contributed by atoms with Crippen molar-refractivity contribution in [2.75, 3.05) is 11.9 Å². The number of alkyl halides is 3. The molecule has 0 saturated heterocycles. The van der Waals surface area contributed by atoms with E-state index >= 15 is 0 Å². The normalized spacial score (nSPS) is 18.0. The number of hydrogen-bond acceptors (Lipinski definition) is 4. The first kappa shape index (κ1) is 23.9. The molecule has 1 aliphatic heterocycles. The third-order valence-electron chi connectivity index (χ3n) is 6.03.